The van der Waals surface area contributed by atoms with Crippen molar-refractivity contribution in [1.82, 2.24) is 14.2 Å². The lowest BCUT2D eigenvalue weighted by Crippen LogP contribution is -2.44. The zero-order valence-corrected chi connectivity index (χ0v) is 13.2. The third kappa shape index (κ3) is 4.33. The van der Waals surface area contributed by atoms with Gasteiger partial charge in [-0.15, -0.1) is 0 Å². The summed E-state index contributed by atoms with van der Waals surface area (Å²) in [5.74, 6) is 0. The van der Waals surface area contributed by atoms with Gasteiger partial charge in [-0.25, -0.2) is 12.7 Å². The van der Waals surface area contributed by atoms with Crippen LogP contribution in [0.2, 0.25) is 0 Å². The molecule has 1 fully saturated rings. The molecule has 1 aromatic rings. The second-order valence-corrected chi connectivity index (χ2v) is 7.56. The van der Waals surface area contributed by atoms with Crippen LogP contribution >= 0.6 is 0 Å². The van der Waals surface area contributed by atoms with Gasteiger partial charge in [-0.05, 0) is 30.9 Å². The average Bonchev–Trinajstić information content (AvgIpc) is 2.84. The number of rotatable bonds is 6. The summed E-state index contributed by atoms with van der Waals surface area (Å²) in [6.45, 7) is 5.36. The van der Waals surface area contributed by atoms with Crippen molar-refractivity contribution in [3.05, 3.63) is 24.0 Å². The number of nitrogens with zero attached hydrogens (tertiary/aromatic N) is 2. The zero-order chi connectivity index (χ0) is 14.6. The zero-order valence-electron chi connectivity index (χ0n) is 12.4. The highest BCUT2D eigenvalue weighted by molar-refractivity contribution is 7.88. The molecule has 114 valence electrons. The fourth-order valence-electron chi connectivity index (χ4n) is 2.65. The van der Waals surface area contributed by atoms with E-state index in [1.54, 1.807) is 4.31 Å². The second-order valence-electron chi connectivity index (χ2n) is 5.57. The van der Waals surface area contributed by atoms with Gasteiger partial charge in [0.1, 0.15) is 0 Å². The Bertz CT molecular complexity index is 516. The van der Waals surface area contributed by atoms with Crippen LogP contribution in [0.4, 0.5) is 0 Å². The van der Waals surface area contributed by atoms with Crippen molar-refractivity contribution in [2.75, 3.05) is 19.3 Å². The number of hydrogen-bond acceptors (Lipinski definition) is 3. The summed E-state index contributed by atoms with van der Waals surface area (Å²) in [6, 6.07) is 2.57. The normalized spacial score (nSPS) is 18.5. The highest BCUT2D eigenvalue weighted by Gasteiger charge is 2.24. The molecule has 1 N–H and O–H groups in total. The molecular formula is C14H25N3O2S. The van der Waals surface area contributed by atoms with Crippen molar-refractivity contribution >= 4 is 10.0 Å². The maximum Gasteiger partial charge on any atom is 0.211 e. The molecule has 0 radical (unpaired) electrons. The summed E-state index contributed by atoms with van der Waals surface area (Å²) in [4.78, 5) is 0. The lowest BCUT2D eigenvalue weighted by molar-refractivity contribution is 0.290. The first-order chi connectivity index (χ1) is 9.49. The maximum absolute atomic E-state index is 11.4. The van der Waals surface area contributed by atoms with E-state index in [0.29, 0.717) is 19.1 Å². The molecule has 0 bridgehead atoms. The minimum absolute atomic E-state index is 0.419. The molecule has 0 atom stereocenters. The first kappa shape index (κ1) is 15.5. The molecule has 0 unspecified atom stereocenters. The van der Waals surface area contributed by atoms with Crippen LogP contribution in [-0.2, 0) is 23.1 Å². The Morgan fingerprint density at radius 2 is 2.05 bits per heavy atom. The summed E-state index contributed by atoms with van der Waals surface area (Å²) in [5.41, 5.74) is 1.30. The quantitative estimate of drug-likeness (QED) is 0.864. The van der Waals surface area contributed by atoms with E-state index in [1.807, 2.05) is 0 Å². The van der Waals surface area contributed by atoms with Crippen molar-refractivity contribution in [2.45, 2.75) is 45.3 Å². The Labute approximate surface area is 122 Å². The topological polar surface area (TPSA) is 54.3 Å². The fraction of sp³-hybridized carbons (Fsp3) is 0.714. The third-order valence-corrected chi connectivity index (χ3v) is 5.11. The number of hydrogen-bond donors (Lipinski definition) is 1. The Morgan fingerprint density at radius 1 is 1.35 bits per heavy atom. The molecule has 2 heterocycles. The van der Waals surface area contributed by atoms with Crippen molar-refractivity contribution in [1.29, 1.82) is 0 Å². The first-order valence-electron chi connectivity index (χ1n) is 7.32. The summed E-state index contributed by atoms with van der Waals surface area (Å²) in [7, 11) is -3.02. The molecule has 0 saturated carbocycles. The van der Waals surface area contributed by atoms with Gasteiger partial charge in [0.05, 0.1) is 6.26 Å². The van der Waals surface area contributed by atoms with Crippen molar-refractivity contribution in [3.8, 4) is 0 Å². The molecule has 20 heavy (non-hydrogen) atoms. The van der Waals surface area contributed by atoms with E-state index in [1.165, 1.54) is 11.8 Å². The van der Waals surface area contributed by atoms with Gasteiger partial charge < -0.3 is 9.88 Å². The van der Waals surface area contributed by atoms with Gasteiger partial charge in [0.25, 0.3) is 0 Å². The van der Waals surface area contributed by atoms with E-state index in [9.17, 15) is 8.42 Å². The van der Waals surface area contributed by atoms with Gasteiger partial charge >= 0.3 is 0 Å². The molecular weight excluding hydrogens is 274 g/mol. The minimum Gasteiger partial charge on any atom is -0.354 e. The maximum atomic E-state index is 11.4. The van der Waals surface area contributed by atoms with E-state index in [4.69, 9.17) is 0 Å². The summed E-state index contributed by atoms with van der Waals surface area (Å²) < 4.78 is 26.7. The lowest BCUT2D eigenvalue weighted by Gasteiger charge is -2.30. The number of nitrogens with one attached hydrogen (secondary N) is 1. The Morgan fingerprint density at radius 3 is 2.65 bits per heavy atom. The van der Waals surface area contributed by atoms with Crippen LogP contribution in [0.15, 0.2) is 18.5 Å². The monoisotopic (exact) mass is 299 g/mol. The molecule has 1 aromatic heterocycles. The van der Waals surface area contributed by atoms with Gasteiger partial charge in [0, 0.05) is 44.6 Å². The predicted molar refractivity (Wildman–Crippen MR) is 81.0 cm³/mol. The van der Waals surface area contributed by atoms with Crippen LogP contribution in [0.25, 0.3) is 0 Å². The van der Waals surface area contributed by atoms with E-state index in [0.717, 1.165) is 32.4 Å². The lowest BCUT2D eigenvalue weighted by atomic mass is 10.1. The summed E-state index contributed by atoms with van der Waals surface area (Å²) in [6.07, 6.45) is 8.52. The van der Waals surface area contributed by atoms with E-state index in [2.05, 4.69) is 35.3 Å². The Hall–Kier alpha value is -0.850. The number of sulfonamides is 1. The SMILES string of the molecule is CCCn1ccc(CNC2CCN(S(C)(=O)=O)CC2)c1. The van der Waals surface area contributed by atoms with Crippen molar-refractivity contribution < 1.29 is 8.42 Å². The van der Waals surface area contributed by atoms with E-state index < -0.39 is 10.0 Å². The molecule has 1 saturated heterocycles. The van der Waals surface area contributed by atoms with E-state index in [-0.39, 0.29) is 0 Å². The molecule has 0 spiro atoms. The summed E-state index contributed by atoms with van der Waals surface area (Å²) in [5, 5.41) is 3.53. The molecule has 1 aliphatic rings. The van der Waals surface area contributed by atoms with Gasteiger partial charge in [0.15, 0.2) is 0 Å². The minimum atomic E-state index is -3.02. The summed E-state index contributed by atoms with van der Waals surface area (Å²) >= 11 is 0. The van der Waals surface area contributed by atoms with Crippen LogP contribution in [-0.4, -0.2) is 42.7 Å². The molecule has 0 aliphatic carbocycles. The first-order valence-corrected chi connectivity index (χ1v) is 9.17. The molecule has 6 heteroatoms. The number of aryl methyl sites for hydroxylation is 1. The Kier molecular flexibility index (Phi) is 5.23. The van der Waals surface area contributed by atoms with Crippen LogP contribution in [0.5, 0.6) is 0 Å². The van der Waals surface area contributed by atoms with Crippen LogP contribution in [0, 0.1) is 0 Å². The number of piperidine rings is 1. The number of aromatic nitrogens is 1. The fourth-order valence-corrected chi connectivity index (χ4v) is 3.52. The van der Waals surface area contributed by atoms with Gasteiger partial charge in [-0.3, -0.25) is 0 Å². The van der Waals surface area contributed by atoms with Crippen molar-refractivity contribution in [2.24, 2.45) is 0 Å². The van der Waals surface area contributed by atoms with Gasteiger partial charge in [-0.2, -0.15) is 0 Å². The molecule has 5 nitrogen and oxygen atoms in total. The van der Waals surface area contributed by atoms with Gasteiger partial charge in [-0.1, -0.05) is 6.92 Å². The molecule has 0 amide bonds. The molecule has 2 rings (SSSR count). The largest absolute Gasteiger partial charge is 0.354 e. The highest BCUT2D eigenvalue weighted by atomic mass is 32.2. The molecule has 0 aromatic carbocycles. The average molecular weight is 299 g/mol. The van der Waals surface area contributed by atoms with Crippen LogP contribution in [0.3, 0.4) is 0 Å². The predicted octanol–water partition coefficient (Wildman–Crippen LogP) is 1.41. The smallest absolute Gasteiger partial charge is 0.211 e. The highest BCUT2D eigenvalue weighted by Crippen LogP contribution is 2.14. The second kappa shape index (κ2) is 6.74. The van der Waals surface area contributed by atoms with Crippen molar-refractivity contribution in [3.63, 3.8) is 0 Å². The Balaban J connectivity index is 1.75. The molecule has 1 aliphatic heterocycles. The van der Waals surface area contributed by atoms with Gasteiger partial charge in [0.2, 0.25) is 10.0 Å². The third-order valence-electron chi connectivity index (χ3n) is 3.81. The standard InChI is InChI=1S/C14H25N3O2S/c1-3-7-16-8-4-13(12-16)11-15-14-5-9-17(10-6-14)20(2,18)19/h4,8,12,14-15H,3,5-7,9-11H2,1-2H3. The van der Waals surface area contributed by atoms with Crippen LogP contribution in [0.1, 0.15) is 31.7 Å². The van der Waals surface area contributed by atoms with Crippen LogP contribution < -0.4 is 5.32 Å². The van der Waals surface area contributed by atoms with E-state index >= 15 is 0 Å².